The maximum absolute atomic E-state index is 5.96. The fourth-order valence-electron chi connectivity index (χ4n) is 4.79. The lowest BCUT2D eigenvalue weighted by Gasteiger charge is -2.21. The molecule has 3 aromatic carbocycles. The molecule has 2 aliphatic rings. The van der Waals surface area contributed by atoms with Crippen LogP contribution in [0.4, 0.5) is 0 Å². The Kier molecular flexibility index (Phi) is 4.03. The van der Waals surface area contributed by atoms with Crippen LogP contribution < -0.4 is 23.5 Å². The molecule has 3 heterocycles. The van der Waals surface area contributed by atoms with Gasteiger partial charge >= 0.3 is 0 Å². The van der Waals surface area contributed by atoms with Crippen LogP contribution in [0.25, 0.3) is 33.2 Å². The van der Waals surface area contributed by atoms with Crippen molar-refractivity contribution in [1.29, 1.82) is 0 Å². The van der Waals surface area contributed by atoms with Gasteiger partial charge in [0.05, 0.1) is 30.7 Å². The molecule has 0 amide bonds. The Bertz CT molecular complexity index is 1330. The number of aromatic nitrogens is 1. The maximum Gasteiger partial charge on any atom is 0.231 e. The monoisotopic (exact) mass is 412 g/mol. The number of aryl methyl sites for hydroxylation is 2. The molecule has 0 N–H and O–H groups in total. The number of fused-ring (bicyclic) bond motifs is 6. The van der Waals surface area contributed by atoms with Crippen LogP contribution in [0.2, 0.25) is 0 Å². The second kappa shape index (κ2) is 6.91. The highest BCUT2D eigenvalue weighted by Crippen LogP contribution is 2.48. The third-order valence-electron chi connectivity index (χ3n) is 6.19. The van der Waals surface area contributed by atoms with E-state index in [4.69, 9.17) is 18.9 Å². The average molecular weight is 412 g/mol. The van der Waals surface area contributed by atoms with Crippen molar-refractivity contribution in [3.63, 3.8) is 0 Å². The summed E-state index contributed by atoms with van der Waals surface area (Å²) in [5.74, 6) is 3.09. The highest BCUT2D eigenvalue weighted by Gasteiger charge is 2.33. The highest BCUT2D eigenvalue weighted by atomic mass is 16.7. The van der Waals surface area contributed by atoms with Gasteiger partial charge in [-0.25, -0.2) is 0 Å². The van der Waals surface area contributed by atoms with E-state index in [1.807, 2.05) is 12.1 Å². The molecule has 0 unspecified atom stereocenters. The Morgan fingerprint density at radius 1 is 0.903 bits per heavy atom. The first-order valence-electron chi connectivity index (χ1n) is 10.4. The van der Waals surface area contributed by atoms with E-state index in [-0.39, 0.29) is 6.79 Å². The van der Waals surface area contributed by atoms with Crippen molar-refractivity contribution < 1.29 is 23.5 Å². The summed E-state index contributed by atoms with van der Waals surface area (Å²) in [7, 11) is 3.36. The number of nitrogens with zero attached hydrogens (tertiary/aromatic N) is 1. The minimum absolute atomic E-state index is 0.245. The molecule has 0 radical (unpaired) electrons. The molecule has 154 valence electrons. The van der Waals surface area contributed by atoms with E-state index in [2.05, 4.69) is 53.2 Å². The second-order valence-electron chi connectivity index (χ2n) is 7.79. The lowest BCUT2D eigenvalue weighted by molar-refractivity contribution is -0.685. The van der Waals surface area contributed by atoms with E-state index >= 15 is 0 Å². The summed E-state index contributed by atoms with van der Waals surface area (Å²) in [4.78, 5) is 0. The molecule has 0 fully saturated rings. The molecular weight excluding hydrogens is 390 g/mol. The fraction of sp³-hybridized carbons (Fsp3) is 0.192. The van der Waals surface area contributed by atoms with Crippen molar-refractivity contribution in [2.24, 2.45) is 0 Å². The minimum Gasteiger partial charge on any atom is -0.493 e. The van der Waals surface area contributed by atoms with Crippen molar-refractivity contribution >= 4 is 10.8 Å². The second-order valence-corrected chi connectivity index (χ2v) is 7.79. The highest BCUT2D eigenvalue weighted by molar-refractivity contribution is 6.06. The summed E-state index contributed by atoms with van der Waals surface area (Å²) < 4.78 is 25.2. The van der Waals surface area contributed by atoms with Crippen molar-refractivity contribution in [2.75, 3.05) is 21.0 Å². The molecule has 0 bridgehead atoms. The van der Waals surface area contributed by atoms with Gasteiger partial charge in [-0.15, -0.1) is 0 Å². The normalized spacial score (nSPS) is 13.6. The van der Waals surface area contributed by atoms with Gasteiger partial charge in [0.1, 0.15) is 0 Å². The molecule has 1 aromatic heterocycles. The molecule has 0 spiro atoms. The van der Waals surface area contributed by atoms with Crippen molar-refractivity contribution in [3.8, 4) is 45.4 Å². The first kappa shape index (κ1) is 18.1. The predicted octanol–water partition coefficient (Wildman–Crippen LogP) is 4.76. The Balaban J connectivity index is 1.76. The van der Waals surface area contributed by atoms with Gasteiger partial charge in [0.15, 0.2) is 35.7 Å². The van der Waals surface area contributed by atoms with Gasteiger partial charge in [-0.05, 0) is 35.4 Å². The number of hydrogen-bond donors (Lipinski definition) is 0. The van der Waals surface area contributed by atoms with Gasteiger partial charge in [-0.2, -0.15) is 4.57 Å². The largest absolute Gasteiger partial charge is 0.493 e. The average Bonchev–Trinajstić information content (AvgIpc) is 3.31. The van der Waals surface area contributed by atoms with E-state index in [0.717, 1.165) is 69.1 Å². The third kappa shape index (κ3) is 2.66. The van der Waals surface area contributed by atoms with Gasteiger partial charge < -0.3 is 18.9 Å². The lowest BCUT2D eigenvalue weighted by Crippen LogP contribution is -2.40. The summed E-state index contributed by atoms with van der Waals surface area (Å²) >= 11 is 0. The van der Waals surface area contributed by atoms with Crippen LogP contribution in [0.5, 0.6) is 23.0 Å². The van der Waals surface area contributed by atoms with E-state index < -0.39 is 0 Å². The zero-order valence-corrected chi connectivity index (χ0v) is 17.5. The number of hydrogen-bond acceptors (Lipinski definition) is 4. The summed E-state index contributed by atoms with van der Waals surface area (Å²) in [6, 6.07) is 18.8. The Morgan fingerprint density at radius 2 is 1.71 bits per heavy atom. The van der Waals surface area contributed by atoms with Crippen LogP contribution in [0.3, 0.4) is 0 Å². The van der Waals surface area contributed by atoms with Crippen LogP contribution >= 0.6 is 0 Å². The van der Waals surface area contributed by atoms with Crippen LogP contribution in [0.1, 0.15) is 5.56 Å². The van der Waals surface area contributed by atoms with Crippen molar-refractivity contribution in [3.05, 3.63) is 66.4 Å². The van der Waals surface area contributed by atoms with E-state index in [9.17, 15) is 0 Å². The molecule has 31 heavy (non-hydrogen) atoms. The van der Waals surface area contributed by atoms with Gasteiger partial charge in [-0.3, -0.25) is 0 Å². The quantitative estimate of drug-likeness (QED) is 0.455. The van der Waals surface area contributed by atoms with Gasteiger partial charge in [0.2, 0.25) is 12.5 Å². The topological polar surface area (TPSA) is 40.8 Å². The summed E-state index contributed by atoms with van der Waals surface area (Å²) in [5.41, 5.74) is 5.85. The van der Waals surface area contributed by atoms with Crippen LogP contribution in [0, 0.1) is 0 Å². The fourth-order valence-corrected chi connectivity index (χ4v) is 4.79. The number of pyridine rings is 1. The smallest absolute Gasteiger partial charge is 0.231 e. The Hall–Kier alpha value is -3.73. The molecule has 0 saturated heterocycles. The molecule has 4 aromatic rings. The number of methoxy groups -OCH3 is 2. The summed E-state index contributed by atoms with van der Waals surface area (Å²) in [6.07, 6.45) is 3.15. The van der Waals surface area contributed by atoms with Crippen molar-refractivity contribution in [2.45, 2.75) is 13.0 Å². The molecular formula is C26H22NO4+. The zero-order chi connectivity index (χ0) is 20.9. The first-order valence-corrected chi connectivity index (χ1v) is 10.4. The molecule has 6 rings (SSSR count). The Labute approximate surface area is 180 Å². The third-order valence-corrected chi connectivity index (χ3v) is 6.19. The van der Waals surface area contributed by atoms with Gasteiger partial charge in [0, 0.05) is 11.8 Å². The van der Waals surface area contributed by atoms with Gasteiger partial charge in [-0.1, -0.05) is 30.3 Å². The van der Waals surface area contributed by atoms with E-state index in [1.165, 1.54) is 5.56 Å². The zero-order valence-electron chi connectivity index (χ0n) is 17.5. The van der Waals surface area contributed by atoms with E-state index in [0.29, 0.717) is 0 Å². The Morgan fingerprint density at radius 3 is 2.52 bits per heavy atom. The first-order chi connectivity index (χ1) is 15.3. The molecule has 5 heteroatoms. The van der Waals surface area contributed by atoms with E-state index in [1.54, 1.807) is 14.2 Å². The van der Waals surface area contributed by atoms with Gasteiger partial charge in [0.25, 0.3) is 0 Å². The molecule has 2 aliphatic heterocycles. The van der Waals surface area contributed by atoms with Crippen LogP contribution in [-0.2, 0) is 13.0 Å². The summed E-state index contributed by atoms with van der Waals surface area (Å²) in [6.45, 7) is 1.14. The maximum atomic E-state index is 5.96. The SMILES string of the molecule is COc1cc2c(cc1OC)-c1c(-c3ccccc3)c3c4c(ccc3c[n+]1CC2)OCO4. The number of rotatable bonds is 3. The molecule has 5 nitrogen and oxygen atoms in total. The lowest BCUT2D eigenvalue weighted by atomic mass is 9.88. The van der Waals surface area contributed by atoms with Crippen LogP contribution in [0.15, 0.2) is 60.8 Å². The molecule has 0 saturated carbocycles. The molecule has 0 atom stereocenters. The predicted molar refractivity (Wildman–Crippen MR) is 118 cm³/mol. The minimum atomic E-state index is 0.245. The standard InChI is InChI=1S/C26H22NO4/c1-28-21-12-17-10-11-27-14-18-8-9-20-26(31-15-30-20)24(18)23(16-6-4-3-5-7-16)25(27)19(17)13-22(21)29-2/h3-9,12-14H,10-11,15H2,1-2H3/q+1. The summed E-state index contributed by atoms with van der Waals surface area (Å²) in [5, 5.41) is 2.21. The van der Waals surface area contributed by atoms with Crippen molar-refractivity contribution in [1.82, 2.24) is 0 Å². The van der Waals surface area contributed by atoms with Crippen LogP contribution in [-0.4, -0.2) is 21.0 Å². The molecule has 0 aliphatic carbocycles. The number of benzene rings is 3. The number of ether oxygens (including phenoxy) is 4.